The van der Waals surface area contributed by atoms with Gasteiger partial charge in [-0.3, -0.25) is 0 Å². The van der Waals surface area contributed by atoms with Crippen LogP contribution in [0.25, 0.3) is 11.3 Å². The Balaban J connectivity index is 1.91. The van der Waals surface area contributed by atoms with Crippen molar-refractivity contribution in [1.82, 2.24) is 9.97 Å². The van der Waals surface area contributed by atoms with Crippen LogP contribution in [0, 0.1) is 6.92 Å². The summed E-state index contributed by atoms with van der Waals surface area (Å²) in [5.41, 5.74) is 2.05. The number of piperidine rings is 1. The minimum absolute atomic E-state index is 0.168. The molecule has 1 atom stereocenters. The van der Waals surface area contributed by atoms with Gasteiger partial charge in [0.2, 0.25) is 0 Å². The molecule has 0 bridgehead atoms. The zero-order valence-electron chi connectivity index (χ0n) is 12.2. The van der Waals surface area contributed by atoms with Gasteiger partial charge < -0.3 is 10.0 Å². The Bertz CT molecular complexity index is 622. The van der Waals surface area contributed by atoms with Crippen LogP contribution in [-0.2, 0) is 0 Å². The van der Waals surface area contributed by atoms with E-state index in [4.69, 9.17) is 0 Å². The van der Waals surface area contributed by atoms with Gasteiger partial charge in [-0.05, 0) is 25.1 Å². The molecule has 0 radical (unpaired) electrons. The molecule has 1 aromatic carbocycles. The SMILES string of the molecule is Cc1nc(-c2ccc(P)cc2)cc(N2CCC(O)CC2)n1. The van der Waals surface area contributed by atoms with E-state index in [9.17, 15) is 5.11 Å². The van der Waals surface area contributed by atoms with Crippen LogP contribution in [0.3, 0.4) is 0 Å². The van der Waals surface area contributed by atoms with E-state index >= 15 is 0 Å². The summed E-state index contributed by atoms with van der Waals surface area (Å²) in [6.07, 6.45) is 1.44. The molecular formula is C16H20N3OP. The maximum atomic E-state index is 9.63. The van der Waals surface area contributed by atoms with Gasteiger partial charge in [-0.25, -0.2) is 9.97 Å². The molecule has 2 heterocycles. The van der Waals surface area contributed by atoms with E-state index in [2.05, 4.69) is 48.4 Å². The van der Waals surface area contributed by atoms with Gasteiger partial charge >= 0.3 is 0 Å². The lowest BCUT2D eigenvalue weighted by Gasteiger charge is -2.30. The normalized spacial score (nSPS) is 16.2. The highest BCUT2D eigenvalue weighted by atomic mass is 31.0. The quantitative estimate of drug-likeness (QED) is 0.861. The van der Waals surface area contributed by atoms with Crippen molar-refractivity contribution in [2.45, 2.75) is 25.9 Å². The summed E-state index contributed by atoms with van der Waals surface area (Å²) in [5.74, 6) is 1.74. The molecule has 110 valence electrons. The third-order valence-electron chi connectivity index (χ3n) is 3.82. The van der Waals surface area contributed by atoms with Crippen molar-refractivity contribution in [3.05, 3.63) is 36.2 Å². The topological polar surface area (TPSA) is 49.2 Å². The van der Waals surface area contributed by atoms with Crippen molar-refractivity contribution in [2.75, 3.05) is 18.0 Å². The van der Waals surface area contributed by atoms with Crippen molar-refractivity contribution in [2.24, 2.45) is 0 Å². The second-order valence-electron chi connectivity index (χ2n) is 5.50. The molecule has 0 aliphatic carbocycles. The maximum absolute atomic E-state index is 9.63. The zero-order chi connectivity index (χ0) is 14.8. The average molecular weight is 301 g/mol. The van der Waals surface area contributed by atoms with Crippen molar-refractivity contribution in [3.63, 3.8) is 0 Å². The Morgan fingerprint density at radius 2 is 1.81 bits per heavy atom. The van der Waals surface area contributed by atoms with Gasteiger partial charge in [0, 0.05) is 24.7 Å². The highest BCUT2D eigenvalue weighted by Crippen LogP contribution is 2.24. The highest BCUT2D eigenvalue weighted by molar-refractivity contribution is 7.27. The number of hydrogen-bond acceptors (Lipinski definition) is 4. The van der Waals surface area contributed by atoms with Gasteiger partial charge in [0.25, 0.3) is 0 Å². The van der Waals surface area contributed by atoms with E-state index < -0.39 is 0 Å². The largest absolute Gasteiger partial charge is 0.393 e. The third kappa shape index (κ3) is 3.39. The van der Waals surface area contributed by atoms with Crippen LogP contribution in [0.1, 0.15) is 18.7 Å². The summed E-state index contributed by atoms with van der Waals surface area (Å²) in [4.78, 5) is 11.3. The second-order valence-corrected chi connectivity index (χ2v) is 6.17. The van der Waals surface area contributed by atoms with E-state index in [1.165, 1.54) is 0 Å². The lowest BCUT2D eigenvalue weighted by Crippen LogP contribution is -2.36. The first kappa shape index (κ1) is 14.4. The van der Waals surface area contributed by atoms with Gasteiger partial charge in [0.05, 0.1) is 11.8 Å². The number of hydrogen-bond donors (Lipinski definition) is 1. The van der Waals surface area contributed by atoms with Crippen molar-refractivity contribution in [1.29, 1.82) is 0 Å². The van der Waals surface area contributed by atoms with Crippen LogP contribution in [0.15, 0.2) is 30.3 Å². The average Bonchev–Trinajstić information content (AvgIpc) is 2.48. The summed E-state index contributed by atoms with van der Waals surface area (Å²) in [6.45, 7) is 3.62. The van der Waals surface area contributed by atoms with E-state index in [1.54, 1.807) is 0 Å². The van der Waals surface area contributed by atoms with Gasteiger partial charge in [0.15, 0.2) is 0 Å². The molecule has 1 N–H and O–H groups in total. The van der Waals surface area contributed by atoms with Gasteiger partial charge in [0.1, 0.15) is 11.6 Å². The van der Waals surface area contributed by atoms with Crippen LogP contribution in [-0.4, -0.2) is 34.3 Å². The Morgan fingerprint density at radius 1 is 1.14 bits per heavy atom. The zero-order valence-corrected chi connectivity index (χ0v) is 13.3. The number of benzene rings is 1. The Morgan fingerprint density at radius 3 is 2.48 bits per heavy atom. The second kappa shape index (κ2) is 6.08. The van der Waals surface area contributed by atoms with Gasteiger partial charge in [-0.15, -0.1) is 9.24 Å². The number of rotatable bonds is 2. The minimum atomic E-state index is -0.168. The molecule has 2 aromatic rings. The van der Waals surface area contributed by atoms with E-state index in [0.717, 1.165) is 54.1 Å². The number of aliphatic hydroxyl groups is 1. The lowest BCUT2D eigenvalue weighted by atomic mass is 10.1. The molecule has 1 aromatic heterocycles. The van der Waals surface area contributed by atoms with Crippen LogP contribution < -0.4 is 10.2 Å². The molecule has 0 saturated carbocycles. The number of anilines is 1. The molecule has 1 saturated heterocycles. The van der Waals surface area contributed by atoms with Crippen LogP contribution >= 0.6 is 9.24 Å². The molecule has 21 heavy (non-hydrogen) atoms. The van der Waals surface area contributed by atoms with Crippen molar-refractivity contribution < 1.29 is 5.11 Å². The summed E-state index contributed by atoms with van der Waals surface area (Å²) in [6, 6.07) is 10.3. The fourth-order valence-electron chi connectivity index (χ4n) is 2.61. The predicted molar refractivity (Wildman–Crippen MR) is 89.0 cm³/mol. The number of aryl methyl sites for hydroxylation is 1. The van der Waals surface area contributed by atoms with E-state index in [-0.39, 0.29) is 6.10 Å². The fourth-order valence-corrected chi connectivity index (χ4v) is 2.80. The molecule has 1 fully saturated rings. The van der Waals surface area contributed by atoms with Crippen LogP contribution in [0.4, 0.5) is 5.82 Å². The number of nitrogens with zero attached hydrogens (tertiary/aromatic N) is 3. The minimum Gasteiger partial charge on any atom is -0.393 e. The van der Waals surface area contributed by atoms with Crippen molar-refractivity contribution in [3.8, 4) is 11.3 Å². The first-order chi connectivity index (χ1) is 10.1. The van der Waals surface area contributed by atoms with Gasteiger partial charge in [-0.2, -0.15) is 0 Å². The van der Waals surface area contributed by atoms with E-state index in [0.29, 0.717) is 0 Å². The summed E-state index contributed by atoms with van der Waals surface area (Å²) in [7, 11) is 2.69. The van der Waals surface area contributed by atoms with Gasteiger partial charge in [-0.1, -0.05) is 24.3 Å². The highest BCUT2D eigenvalue weighted by Gasteiger charge is 2.19. The fraction of sp³-hybridized carbons (Fsp3) is 0.375. The molecule has 4 nitrogen and oxygen atoms in total. The number of aromatic nitrogens is 2. The molecule has 0 spiro atoms. The van der Waals surface area contributed by atoms with Crippen LogP contribution in [0.2, 0.25) is 0 Å². The summed E-state index contributed by atoms with van der Waals surface area (Å²) in [5, 5.41) is 10.8. The molecule has 0 amide bonds. The molecule has 3 rings (SSSR count). The molecule has 1 aliphatic rings. The van der Waals surface area contributed by atoms with Crippen molar-refractivity contribution >= 4 is 20.4 Å². The first-order valence-corrected chi connectivity index (χ1v) is 7.84. The number of aliphatic hydroxyl groups excluding tert-OH is 1. The molecule has 5 heteroatoms. The first-order valence-electron chi connectivity index (χ1n) is 7.26. The monoisotopic (exact) mass is 301 g/mol. The lowest BCUT2D eigenvalue weighted by molar-refractivity contribution is 0.145. The molecular weight excluding hydrogens is 281 g/mol. The Kier molecular flexibility index (Phi) is 4.18. The van der Waals surface area contributed by atoms with E-state index in [1.807, 2.05) is 13.0 Å². The Hall–Kier alpha value is -1.51. The molecule has 1 unspecified atom stereocenters. The summed E-state index contributed by atoms with van der Waals surface area (Å²) < 4.78 is 0. The predicted octanol–water partition coefficient (Wildman–Crippen LogP) is 1.91. The standard InChI is InChI=1S/C16H20N3OP/c1-11-17-15(12-2-4-14(21)5-3-12)10-16(18-11)19-8-6-13(20)7-9-19/h2-5,10,13,20H,6-9,21H2,1H3. The van der Waals surface area contributed by atoms with Crippen LogP contribution in [0.5, 0.6) is 0 Å². The Labute approximate surface area is 127 Å². The maximum Gasteiger partial charge on any atom is 0.132 e. The third-order valence-corrected chi connectivity index (χ3v) is 4.20. The summed E-state index contributed by atoms with van der Waals surface area (Å²) >= 11 is 0. The molecule has 1 aliphatic heterocycles. The smallest absolute Gasteiger partial charge is 0.132 e.